The average molecular weight is 1260 g/mol. The number of carbonyl (C=O) groups excluding carboxylic acids is 1. The van der Waals surface area contributed by atoms with Gasteiger partial charge in [0.25, 0.3) is 0 Å². The molecule has 17 atom stereocenters. The van der Waals surface area contributed by atoms with Crippen LogP contribution in [0.3, 0.4) is 0 Å². The molecule has 0 bridgehead atoms. The average Bonchev–Trinajstić information content (AvgIpc) is 2.09. The van der Waals surface area contributed by atoms with Crippen molar-refractivity contribution < 1.29 is 89.4 Å². The molecule has 3 rings (SSSR count). The molecule has 3 fully saturated rings. The fraction of sp³-hybridized carbons (Fsp3) is 0.757. The molecule has 0 aliphatic carbocycles. The Morgan fingerprint density at radius 1 is 0.416 bits per heavy atom. The minimum atomic E-state index is -1.99. The van der Waals surface area contributed by atoms with Crippen LogP contribution in [-0.2, 0) is 33.2 Å². The maximum Gasteiger partial charge on any atom is 0.220 e. The topological polar surface area (TPSA) is 307 Å². The van der Waals surface area contributed by atoms with Gasteiger partial charge in [0.2, 0.25) is 5.91 Å². The highest BCUT2D eigenvalue weighted by molar-refractivity contribution is 5.76. The van der Waals surface area contributed by atoms with Gasteiger partial charge in [0, 0.05) is 6.42 Å². The summed E-state index contributed by atoms with van der Waals surface area (Å²) in [4.78, 5) is 13.4. The lowest BCUT2D eigenvalue weighted by Gasteiger charge is -2.48. The van der Waals surface area contributed by atoms with Crippen LogP contribution in [-0.4, -0.2) is 193 Å². The van der Waals surface area contributed by atoms with Gasteiger partial charge in [-0.05, 0) is 83.5 Å². The van der Waals surface area contributed by atoms with E-state index in [2.05, 4.69) is 104 Å². The molecule has 19 nitrogen and oxygen atoms in total. The number of unbranched alkanes of at least 4 members (excludes halogenated alkanes) is 20. The Balaban J connectivity index is 1.48. The van der Waals surface area contributed by atoms with Gasteiger partial charge in [-0.3, -0.25) is 4.79 Å². The number of hydrogen-bond acceptors (Lipinski definition) is 18. The highest BCUT2D eigenvalue weighted by Gasteiger charge is 2.53. The largest absolute Gasteiger partial charge is 0.394 e. The summed E-state index contributed by atoms with van der Waals surface area (Å²) in [6.45, 7) is 1.57. The second kappa shape index (κ2) is 51.2. The van der Waals surface area contributed by atoms with E-state index < -0.39 is 124 Å². The third-order valence-electron chi connectivity index (χ3n) is 16.4. The Hall–Kier alpha value is -3.29. The van der Waals surface area contributed by atoms with Gasteiger partial charge in [-0.25, -0.2) is 0 Å². The van der Waals surface area contributed by atoms with Crippen LogP contribution in [0.4, 0.5) is 0 Å². The van der Waals surface area contributed by atoms with E-state index in [4.69, 9.17) is 28.4 Å². The van der Waals surface area contributed by atoms with E-state index in [0.29, 0.717) is 12.8 Å². The van der Waals surface area contributed by atoms with Crippen molar-refractivity contribution in [3.63, 3.8) is 0 Å². The lowest BCUT2D eigenvalue weighted by Crippen LogP contribution is -2.66. The number of allylic oxidation sites excluding steroid dienone is 15. The molecule has 89 heavy (non-hydrogen) atoms. The molecule has 19 heteroatoms. The zero-order chi connectivity index (χ0) is 64.7. The van der Waals surface area contributed by atoms with E-state index in [9.17, 15) is 61.0 Å². The van der Waals surface area contributed by atoms with E-state index in [1.165, 1.54) is 89.9 Å². The van der Waals surface area contributed by atoms with Crippen LogP contribution < -0.4 is 5.32 Å². The fourth-order valence-corrected chi connectivity index (χ4v) is 10.9. The molecule has 0 aromatic heterocycles. The Labute approximate surface area is 533 Å². The van der Waals surface area contributed by atoms with Crippen molar-refractivity contribution in [3.8, 4) is 0 Å². The van der Waals surface area contributed by atoms with Crippen LogP contribution in [0.25, 0.3) is 0 Å². The summed E-state index contributed by atoms with van der Waals surface area (Å²) in [6.07, 6.45) is 39.5. The molecular formula is C70H119NO18. The van der Waals surface area contributed by atoms with Crippen molar-refractivity contribution in [3.05, 3.63) is 97.2 Å². The molecule has 0 aromatic carbocycles. The summed E-state index contributed by atoms with van der Waals surface area (Å²) in [5.41, 5.74) is 0. The molecule has 512 valence electrons. The summed E-state index contributed by atoms with van der Waals surface area (Å²) in [5.74, 6) is -0.313. The fourth-order valence-electron chi connectivity index (χ4n) is 10.9. The summed E-state index contributed by atoms with van der Waals surface area (Å²) < 4.78 is 34.3. The van der Waals surface area contributed by atoms with Crippen LogP contribution in [0.5, 0.6) is 0 Å². The first-order valence-corrected chi connectivity index (χ1v) is 34.0. The third kappa shape index (κ3) is 33.4. The van der Waals surface area contributed by atoms with Crippen molar-refractivity contribution in [2.75, 3.05) is 26.4 Å². The number of aliphatic hydroxyl groups excluding tert-OH is 11. The number of hydrogen-bond donors (Lipinski definition) is 12. The molecule has 17 unspecified atom stereocenters. The van der Waals surface area contributed by atoms with Crippen molar-refractivity contribution in [2.24, 2.45) is 0 Å². The molecule has 0 spiro atoms. The monoisotopic (exact) mass is 1260 g/mol. The van der Waals surface area contributed by atoms with Crippen LogP contribution in [0.2, 0.25) is 0 Å². The normalized spacial score (nSPS) is 28.8. The van der Waals surface area contributed by atoms with Gasteiger partial charge < -0.3 is 89.9 Å². The minimum Gasteiger partial charge on any atom is -0.394 e. The van der Waals surface area contributed by atoms with Crippen LogP contribution in [0, 0.1) is 0 Å². The van der Waals surface area contributed by atoms with Gasteiger partial charge in [0.05, 0.1) is 38.6 Å². The van der Waals surface area contributed by atoms with Gasteiger partial charge in [-0.2, -0.15) is 0 Å². The highest BCUT2D eigenvalue weighted by atomic mass is 16.8. The molecule has 0 aromatic rings. The first-order valence-electron chi connectivity index (χ1n) is 34.0. The zero-order valence-corrected chi connectivity index (χ0v) is 53.9. The van der Waals surface area contributed by atoms with E-state index in [1.807, 2.05) is 6.08 Å². The third-order valence-corrected chi connectivity index (χ3v) is 16.4. The first kappa shape index (κ1) is 79.9. The highest BCUT2D eigenvalue weighted by Crippen LogP contribution is 2.33. The van der Waals surface area contributed by atoms with Gasteiger partial charge in [-0.1, -0.05) is 214 Å². The molecule has 3 aliphatic rings. The smallest absolute Gasteiger partial charge is 0.220 e. The lowest BCUT2D eigenvalue weighted by atomic mass is 9.96. The minimum absolute atomic E-state index is 0.200. The molecule has 12 N–H and O–H groups in total. The van der Waals surface area contributed by atoms with Crippen LogP contribution in [0.1, 0.15) is 206 Å². The molecule has 1 amide bonds. The maximum absolute atomic E-state index is 13.4. The Morgan fingerprint density at radius 3 is 1.26 bits per heavy atom. The van der Waals surface area contributed by atoms with Gasteiger partial charge >= 0.3 is 0 Å². The molecule has 3 aliphatic heterocycles. The molecular weight excluding hydrogens is 1140 g/mol. The summed E-state index contributed by atoms with van der Waals surface area (Å²) in [6, 6.07) is -1.01. The predicted molar refractivity (Wildman–Crippen MR) is 346 cm³/mol. The number of carbonyl (C=O) groups is 1. The Bertz CT molecular complexity index is 1990. The lowest BCUT2D eigenvalue weighted by molar-refractivity contribution is -0.379. The molecule has 3 saturated heterocycles. The van der Waals surface area contributed by atoms with E-state index >= 15 is 0 Å². The van der Waals surface area contributed by atoms with Crippen LogP contribution in [0.15, 0.2) is 97.2 Å². The van der Waals surface area contributed by atoms with E-state index in [1.54, 1.807) is 6.08 Å². The zero-order valence-electron chi connectivity index (χ0n) is 53.9. The van der Waals surface area contributed by atoms with Gasteiger partial charge in [0.1, 0.15) is 73.2 Å². The number of rotatable bonds is 50. The number of amides is 1. The van der Waals surface area contributed by atoms with Crippen molar-refractivity contribution in [1.29, 1.82) is 0 Å². The number of ether oxygens (including phenoxy) is 6. The number of aliphatic hydroxyl groups is 11. The van der Waals surface area contributed by atoms with Gasteiger partial charge in [-0.15, -0.1) is 0 Å². The van der Waals surface area contributed by atoms with Crippen molar-refractivity contribution in [1.82, 2.24) is 5.32 Å². The summed E-state index contributed by atoms with van der Waals surface area (Å²) >= 11 is 0. The first-order chi connectivity index (χ1) is 43.3. The van der Waals surface area contributed by atoms with Crippen molar-refractivity contribution in [2.45, 2.75) is 311 Å². The van der Waals surface area contributed by atoms with Gasteiger partial charge in [0.15, 0.2) is 18.9 Å². The molecule has 0 radical (unpaired) electrons. The summed E-state index contributed by atoms with van der Waals surface area (Å²) in [5, 5.41) is 120. The second-order valence-electron chi connectivity index (χ2n) is 23.9. The SMILES string of the molecule is CC/C=C\C/C=C\C/C=C\C/C=C\C/C=C\C/C=C\CCCCCCC(=O)NC(COC1OC(CO)C(OC2OC(CO)C(OC3OC(CO)C(O)C(O)C3O)C(O)C2O)C(O)C1O)C(O)/C=C/CC/C=C/CCCCCCCCCCCCCCCCC. The Morgan fingerprint density at radius 2 is 0.787 bits per heavy atom. The second-order valence-corrected chi connectivity index (χ2v) is 23.9. The molecule has 3 heterocycles. The van der Waals surface area contributed by atoms with E-state index in [-0.39, 0.29) is 18.9 Å². The Kier molecular flexibility index (Phi) is 46.0. The summed E-state index contributed by atoms with van der Waals surface area (Å²) in [7, 11) is 0. The maximum atomic E-state index is 13.4. The standard InChI is InChI=1S/C70H119NO18/c1-3-5-7-9-11-13-15-17-19-21-23-25-26-28-30-32-34-36-38-40-42-44-46-48-58(76)71-53(54(75)47-45-43-41-39-37-35-33-31-29-27-24-22-20-18-16-14-12-10-8-6-4-2)52-84-68-64(82)61(79)66(56(50-73)86-68)89-70-65(83)62(80)67(57(51-74)87-70)88-69-63(81)60(78)59(77)55(49-72)85-69/h5,7,11,13,17,19,23,25,28,30,34,36-37,39,45,47,53-57,59-70,72-75,77-83H,3-4,6,8-10,12,14-16,18,20-22,24,26-27,29,31-33,35,38,40-44,46,48-52H2,1-2H3,(H,71,76)/b7-5-,13-11-,19-17-,25-23-,30-28-,36-34-,39-37+,47-45+. The van der Waals surface area contributed by atoms with Crippen molar-refractivity contribution >= 4 is 5.91 Å². The van der Waals surface area contributed by atoms with Crippen LogP contribution >= 0.6 is 0 Å². The number of nitrogens with one attached hydrogen (secondary N) is 1. The van der Waals surface area contributed by atoms with E-state index in [0.717, 1.165) is 83.5 Å². The quantitative estimate of drug-likeness (QED) is 0.0201. The predicted octanol–water partition coefficient (Wildman–Crippen LogP) is 8.49. The molecule has 0 saturated carbocycles.